The summed E-state index contributed by atoms with van der Waals surface area (Å²) in [5.74, 6) is 0. The molecule has 2 rings (SSSR count). The van der Waals surface area contributed by atoms with Crippen LogP contribution in [-0.4, -0.2) is 21.7 Å². The van der Waals surface area contributed by atoms with Crippen LogP contribution in [0, 0.1) is 10.1 Å². The fourth-order valence-corrected chi connectivity index (χ4v) is 1.56. The summed E-state index contributed by atoms with van der Waals surface area (Å²) in [5.41, 5.74) is 6.91. The van der Waals surface area contributed by atoms with Crippen molar-refractivity contribution in [2.45, 2.75) is 6.42 Å². The summed E-state index contributed by atoms with van der Waals surface area (Å²) in [7, 11) is 0. The smallest absolute Gasteiger partial charge is 0.270 e. The lowest BCUT2D eigenvalue weighted by atomic mass is 10.2. The lowest BCUT2D eigenvalue weighted by Gasteiger charge is -1.92. The van der Waals surface area contributed by atoms with Crippen LogP contribution < -0.4 is 5.73 Å². The largest absolute Gasteiger partial charge is 0.330 e. The number of hydrogen-bond acceptors (Lipinski definition) is 4. The molecule has 1 heterocycles. The van der Waals surface area contributed by atoms with E-state index >= 15 is 0 Å². The minimum Gasteiger partial charge on any atom is -0.330 e. The van der Waals surface area contributed by atoms with Crippen LogP contribution in [0.2, 0.25) is 0 Å². The third kappa shape index (κ3) is 2.31. The predicted molar refractivity (Wildman–Crippen MR) is 65.5 cm³/mol. The van der Waals surface area contributed by atoms with Gasteiger partial charge in [-0.25, -0.2) is 0 Å². The van der Waals surface area contributed by atoms with E-state index in [1.54, 1.807) is 6.07 Å². The second-order valence-corrected chi connectivity index (χ2v) is 3.58. The van der Waals surface area contributed by atoms with E-state index in [-0.39, 0.29) is 5.69 Å². The SMILES string of the molecule is NCCC=Cc1[nH]nc2ccc([N+](=O)[O-])cc12. The zero-order chi connectivity index (χ0) is 12.3. The van der Waals surface area contributed by atoms with Crippen LogP contribution >= 0.6 is 0 Å². The molecule has 0 unspecified atom stereocenters. The molecule has 2 aromatic rings. The van der Waals surface area contributed by atoms with Crippen LogP contribution in [0.15, 0.2) is 24.3 Å². The molecule has 0 aliphatic heterocycles. The topological polar surface area (TPSA) is 97.8 Å². The van der Waals surface area contributed by atoms with Gasteiger partial charge in [0.25, 0.3) is 5.69 Å². The third-order valence-electron chi connectivity index (χ3n) is 2.40. The van der Waals surface area contributed by atoms with Crippen molar-refractivity contribution < 1.29 is 4.92 Å². The zero-order valence-electron chi connectivity index (χ0n) is 9.09. The first kappa shape index (κ1) is 11.3. The fraction of sp³-hybridized carbons (Fsp3) is 0.182. The summed E-state index contributed by atoms with van der Waals surface area (Å²) in [6.07, 6.45) is 4.51. The standard InChI is InChI=1S/C11H12N4O2/c12-6-2-1-3-10-9-7-8(15(16)17)4-5-11(9)14-13-10/h1,3-5,7H,2,6,12H2,(H,13,14). The van der Waals surface area contributed by atoms with Crippen molar-refractivity contribution in [3.05, 3.63) is 40.1 Å². The molecule has 1 aromatic carbocycles. The van der Waals surface area contributed by atoms with Crippen LogP contribution in [0.25, 0.3) is 17.0 Å². The van der Waals surface area contributed by atoms with E-state index < -0.39 is 4.92 Å². The van der Waals surface area contributed by atoms with Gasteiger partial charge in [-0.2, -0.15) is 5.10 Å². The van der Waals surface area contributed by atoms with Crippen molar-refractivity contribution in [3.8, 4) is 0 Å². The highest BCUT2D eigenvalue weighted by molar-refractivity contribution is 5.88. The molecule has 0 aliphatic rings. The monoisotopic (exact) mass is 232 g/mol. The van der Waals surface area contributed by atoms with Gasteiger partial charge in [-0.05, 0) is 25.1 Å². The Morgan fingerprint density at radius 1 is 1.53 bits per heavy atom. The second kappa shape index (κ2) is 4.75. The van der Waals surface area contributed by atoms with Crippen molar-refractivity contribution in [1.82, 2.24) is 10.2 Å². The van der Waals surface area contributed by atoms with Crippen LogP contribution in [-0.2, 0) is 0 Å². The zero-order valence-corrected chi connectivity index (χ0v) is 9.09. The second-order valence-electron chi connectivity index (χ2n) is 3.58. The van der Waals surface area contributed by atoms with Gasteiger partial charge in [-0.1, -0.05) is 6.08 Å². The Morgan fingerprint density at radius 2 is 2.35 bits per heavy atom. The number of nitro groups is 1. The summed E-state index contributed by atoms with van der Waals surface area (Å²) in [6.45, 7) is 0.572. The van der Waals surface area contributed by atoms with Crippen molar-refractivity contribution in [2.24, 2.45) is 5.73 Å². The number of fused-ring (bicyclic) bond motifs is 1. The number of hydrogen-bond donors (Lipinski definition) is 2. The van der Waals surface area contributed by atoms with Crippen molar-refractivity contribution in [3.63, 3.8) is 0 Å². The number of non-ortho nitro benzene ring substituents is 1. The molecule has 0 bridgehead atoms. The molecule has 88 valence electrons. The molecule has 0 fully saturated rings. The maximum Gasteiger partial charge on any atom is 0.270 e. The normalized spacial score (nSPS) is 11.4. The Kier molecular flexibility index (Phi) is 3.15. The molecule has 0 saturated carbocycles. The van der Waals surface area contributed by atoms with Gasteiger partial charge in [0.1, 0.15) is 0 Å². The summed E-state index contributed by atoms with van der Waals surface area (Å²) >= 11 is 0. The number of nitro benzene ring substituents is 1. The molecule has 17 heavy (non-hydrogen) atoms. The van der Waals surface area contributed by atoms with E-state index in [0.717, 1.165) is 17.5 Å². The number of nitrogens with two attached hydrogens (primary N) is 1. The molecule has 6 heteroatoms. The van der Waals surface area contributed by atoms with E-state index in [4.69, 9.17) is 5.73 Å². The molecular weight excluding hydrogens is 220 g/mol. The van der Waals surface area contributed by atoms with Crippen molar-refractivity contribution in [2.75, 3.05) is 6.54 Å². The quantitative estimate of drug-likeness (QED) is 0.620. The van der Waals surface area contributed by atoms with Crippen molar-refractivity contribution >= 4 is 22.7 Å². The minimum absolute atomic E-state index is 0.0624. The Labute approximate surface area is 97.3 Å². The molecule has 1 aromatic heterocycles. The van der Waals surface area contributed by atoms with Crippen LogP contribution in [0.1, 0.15) is 12.1 Å². The first-order valence-electron chi connectivity index (χ1n) is 5.21. The van der Waals surface area contributed by atoms with Gasteiger partial charge in [-0.3, -0.25) is 15.2 Å². The molecule has 0 amide bonds. The summed E-state index contributed by atoms with van der Waals surface area (Å²) < 4.78 is 0. The predicted octanol–water partition coefficient (Wildman–Crippen LogP) is 1.83. The molecular formula is C11H12N4O2. The molecule has 0 radical (unpaired) electrons. The van der Waals surface area contributed by atoms with E-state index in [2.05, 4.69) is 10.2 Å². The van der Waals surface area contributed by atoms with E-state index in [1.165, 1.54) is 12.1 Å². The number of benzene rings is 1. The van der Waals surface area contributed by atoms with Crippen LogP contribution in [0.5, 0.6) is 0 Å². The Balaban J connectivity index is 2.43. The average molecular weight is 232 g/mol. The fourth-order valence-electron chi connectivity index (χ4n) is 1.56. The van der Waals surface area contributed by atoms with Gasteiger partial charge in [-0.15, -0.1) is 0 Å². The third-order valence-corrected chi connectivity index (χ3v) is 2.40. The first-order chi connectivity index (χ1) is 8.22. The first-order valence-corrected chi connectivity index (χ1v) is 5.21. The van der Waals surface area contributed by atoms with E-state index in [9.17, 15) is 10.1 Å². The minimum atomic E-state index is -0.417. The van der Waals surface area contributed by atoms with Gasteiger partial charge >= 0.3 is 0 Å². The Bertz CT molecular complexity index is 574. The van der Waals surface area contributed by atoms with Crippen LogP contribution in [0.3, 0.4) is 0 Å². The molecule has 0 atom stereocenters. The number of nitrogens with one attached hydrogen (secondary N) is 1. The highest BCUT2D eigenvalue weighted by Gasteiger charge is 2.09. The van der Waals surface area contributed by atoms with Gasteiger partial charge < -0.3 is 5.73 Å². The number of H-pyrrole nitrogens is 1. The Morgan fingerprint density at radius 3 is 3.06 bits per heavy atom. The number of nitrogens with zero attached hydrogens (tertiary/aromatic N) is 2. The molecule has 0 saturated heterocycles. The molecule has 3 N–H and O–H groups in total. The van der Waals surface area contributed by atoms with Gasteiger partial charge in [0.2, 0.25) is 0 Å². The highest BCUT2D eigenvalue weighted by Crippen LogP contribution is 2.22. The summed E-state index contributed by atoms with van der Waals surface area (Å²) in [6, 6.07) is 4.59. The summed E-state index contributed by atoms with van der Waals surface area (Å²) in [4.78, 5) is 10.3. The molecule has 0 spiro atoms. The van der Waals surface area contributed by atoms with Gasteiger partial charge in [0.15, 0.2) is 0 Å². The maximum atomic E-state index is 10.7. The van der Waals surface area contributed by atoms with Gasteiger partial charge in [0, 0.05) is 17.5 Å². The van der Waals surface area contributed by atoms with Crippen molar-refractivity contribution in [1.29, 1.82) is 0 Å². The average Bonchev–Trinajstić information content (AvgIpc) is 2.72. The number of rotatable bonds is 4. The lowest BCUT2D eigenvalue weighted by Crippen LogP contribution is -1.94. The van der Waals surface area contributed by atoms with E-state index in [0.29, 0.717) is 12.1 Å². The summed E-state index contributed by atoms with van der Waals surface area (Å²) in [5, 5.41) is 18.3. The lowest BCUT2D eigenvalue weighted by molar-refractivity contribution is -0.384. The number of aromatic nitrogens is 2. The maximum absolute atomic E-state index is 10.7. The number of aromatic amines is 1. The van der Waals surface area contributed by atoms with Gasteiger partial charge in [0.05, 0.1) is 16.1 Å². The molecule has 0 aliphatic carbocycles. The van der Waals surface area contributed by atoms with E-state index in [1.807, 2.05) is 12.2 Å². The Hall–Kier alpha value is -2.21. The molecule has 6 nitrogen and oxygen atoms in total. The highest BCUT2D eigenvalue weighted by atomic mass is 16.6. The van der Waals surface area contributed by atoms with Crippen LogP contribution in [0.4, 0.5) is 5.69 Å².